The Kier molecular flexibility index (Phi) is 5.59. The summed E-state index contributed by atoms with van der Waals surface area (Å²) in [6, 6.07) is 4.73. The first-order valence-corrected chi connectivity index (χ1v) is 9.24. The molecule has 2 N–H and O–H groups in total. The first kappa shape index (κ1) is 20.4. The number of hydrogen-bond donors (Lipinski definition) is 1. The fourth-order valence-corrected chi connectivity index (χ4v) is 3.59. The van der Waals surface area contributed by atoms with E-state index in [1.54, 1.807) is 4.90 Å². The lowest BCUT2D eigenvalue weighted by atomic mass is 9.90. The van der Waals surface area contributed by atoms with Crippen LogP contribution in [0.4, 0.5) is 10.2 Å². The molecule has 0 atom stereocenters. The van der Waals surface area contributed by atoms with Gasteiger partial charge in [0.15, 0.2) is 11.5 Å². The molecule has 1 aliphatic heterocycles. The Balaban J connectivity index is 2.26. The van der Waals surface area contributed by atoms with E-state index >= 15 is 4.39 Å². The smallest absolute Gasteiger partial charge is 0.225 e. The molecule has 0 saturated carbocycles. The molecule has 8 heteroatoms. The maximum absolute atomic E-state index is 15.1. The van der Waals surface area contributed by atoms with E-state index in [4.69, 9.17) is 15.2 Å². The van der Waals surface area contributed by atoms with Gasteiger partial charge in [-0.1, -0.05) is 13.8 Å². The van der Waals surface area contributed by atoms with Crippen molar-refractivity contribution in [2.75, 3.05) is 26.5 Å². The minimum absolute atomic E-state index is 0.00952. The Labute approximate surface area is 168 Å². The Hall–Kier alpha value is -3.34. The molecule has 1 amide bonds. The van der Waals surface area contributed by atoms with Crippen LogP contribution in [0.15, 0.2) is 12.1 Å². The minimum Gasteiger partial charge on any atom is -0.493 e. The van der Waals surface area contributed by atoms with Gasteiger partial charge in [0.25, 0.3) is 0 Å². The summed E-state index contributed by atoms with van der Waals surface area (Å²) in [4.78, 5) is 18.6. The molecule has 152 valence electrons. The summed E-state index contributed by atoms with van der Waals surface area (Å²) in [6.07, 6.45) is 0.478. The lowest BCUT2D eigenvalue weighted by Gasteiger charge is -2.31. The maximum Gasteiger partial charge on any atom is 0.225 e. The summed E-state index contributed by atoms with van der Waals surface area (Å²) < 4.78 is 25.5. The number of carbonyl (C=O) groups excluding carboxylic acids is 1. The standard InChI is InChI=1S/C21H23FN4O3/c1-11(2)21(27)26-6-5-16-14(10-26)19(13(9-23)20(24)25-16)12-7-17(28-3)18(29-4)8-15(12)22/h7-8,11H,5-6,10H2,1-4H3,(H2,24,25). The van der Waals surface area contributed by atoms with Crippen LogP contribution in [0.3, 0.4) is 0 Å². The second-order valence-electron chi connectivity index (χ2n) is 7.14. The number of nitrogens with zero attached hydrogens (tertiary/aromatic N) is 3. The third-order valence-corrected chi connectivity index (χ3v) is 5.04. The fourth-order valence-electron chi connectivity index (χ4n) is 3.59. The molecular formula is C21H23FN4O3. The highest BCUT2D eigenvalue weighted by Gasteiger charge is 2.30. The number of nitriles is 1. The number of fused-ring (bicyclic) bond motifs is 1. The van der Waals surface area contributed by atoms with Gasteiger partial charge in [0, 0.05) is 48.2 Å². The molecule has 1 aliphatic rings. The topological polar surface area (TPSA) is 101 Å². The molecule has 1 aromatic carbocycles. The third-order valence-electron chi connectivity index (χ3n) is 5.04. The number of nitrogen functional groups attached to an aromatic ring is 1. The van der Waals surface area contributed by atoms with Gasteiger partial charge in [0.05, 0.1) is 19.9 Å². The van der Waals surface area contributed by atoms with Gasteiger partial charge in [0.1, 0.15) is 23.3 Å². The molecule has 0 spiro atoms. The number of rotatable bonds is 4. The van der Waals surface area contributed by atoms with Crippen molar-refractivity contribution in [3.63, 3.8) is 0 Å². The number of pyridine rings is 1. The van der Waals surface area contributed by atoms with Crippen molar-refractivity contribution in [3.8, 4) is 28.7 Å². The van der Waals surface area contributed by atoms with E-state index in [9.17, 15) is 10.1 Å². The summed E-state index contributed by atoms with van der Waals surface area (Å²) >= 11 is 0. The number of anilines is 1. The van der Waals surface area contributed by atoms with Gasteiger partial charge in [0.2, 0.25) is 5.91 Å². The number of halogens is 1. The predicted molar refractivity (Wildman–Crippen MR) is 106 cm³/mol. The van der Waals surface area contributed by atoms with Gasteiger partial charge in [-0.15, -0.1) is 0 Å². The SMILES string of the molecule is COc1cc(F)c(-c2c(C#N)c(N)nc3c2CN(C(=O)C(C)C)CC3)cc1OC. The number of nitrogens with two attached hydrogens (primary N) is 1. The van der Waals surface area contributed by atoms with Crippen LogP contribution in [0.1, 0.15) is 30.7 Å². The molecule has 2 heterocycles. The number of benzene rings is 1. The molecule has 7 nitrogen and oxygen atoms in total. The molecule has 0 bridgehead atoms. The lowest BCUT2D eigenvalue weighted by Crippen LogP contribution is -2.39. The number of hydrogen-bond acceptors (Lipinski definition) is 6. The van der Waals surface area contributed by atoms with Crippen LogP contribution in [0.25, 0.3) is 11.1 Å². The van der Waals surface area contributed by atoms with Crippen molar-refractivity contribution >= 4 is 11.7 Å². The van der Waals surface area contributed by atoms with Gasteiger partial charge >= 0.3 is 0 Å². The maximum atomic E-state index is 15.1. The molecule has 0 aliphatic carbocycles. The highest BCUT2D eigenvalue weighted by atomic mass is 19.1. The van der Waals surface area contributed by atoms with Crippen LogP contribution >= 0.6 is 0 Å². The number of amides is 1. The molecule has 0 saturated heterocycles. The van der Waals surface area contributed by atoms with Crippen molar-refractivity contribution in [1.29, 1.82) is 5.26 Å². The van der Waals surface area contributed by atoms with Gasteiger partial charge in [-0.2, -0.15) is 5.26 Å². The molecule has 1 aromatic heterocycles. The zero-order valence-electron chi connectivity index (χ0n) is 16.9. The van der Waals surface area contributed by atoms with E-state index < -0.39 is 5.82 Å². The first-order valence-electron chi connectivity index (χ1n) is 9.24. The average molecular weight is 398 g/mol. The largest absolute Gasteiger partial charge is 0.493 e. The molecule has 2 aromatic rings. The lowest BCUT2D eigenvalue weighted by molar-refractivity contribution is -0.135. The molecule has 29 heavy (non-hydrogen) atoms. The Morgan fingerprint density at radius 3 is 2.55 bits per heavy atom. The summed E-state index contributed by atoms with van der Waals surface area (Å²) in [5, 5.41) is 9.71. The first-order chi connectivity index (χ1) is 13.8. The average Bonchev–Trinajstić information content (AvgIpc) is 2.71. The van der Waals surface area contributed by atoms with Crippen LogP contribution < -0.4 is 15.2 Å². The quantitative estimate of drug-likeness (QED) is 0.850. The van der Waals surface area contributed by atoms with Crippen molar-refractivity contribution in [2.24, 2.45) is 5.92 Å². The fraction of sp³-hybridized carbons (Fsp3) is 0.381. The van der Waals surface area contributed by atoms with E-state index in [2.05, 4.69) is 4.98 Å². The van der Waals surface area contributed by atoms with E-state index in [1.807, 2.05) is 19.9 Å². The highest BCUT2D eigenvalue weighted by Crippen LogP contribution is 2.40. The van der Waals surface area contributed by atoms with E-state index in [-0.39, 0.29) is 41.1 Å². The predicted octanol–water partition coefficient (Wildman–Crippen LogP) is 2.90. The van der Waals surface area contributed by atoms with E-state index in [1.165, 1.54) is 26.4 Å². The van der Waals surface area contributed by atoms with Crippen molar-refractivity contribution < 1.29 is 18.7 Å². The Bertz CT molecular complexity index is 1010. The zero-order valence-corrected chi connectivity index (χ0v) is 16.9. The van der Waals surface area contributed by atoms with Crippen LogP contribution in [-0.2, 0) is 17.8 Å². The summed E-state index contributed by atoms with van der Waals surface area (Å²) in [7, 11) is 2.86. The highest BCUT2D eigenvalue weighted by molar-refractivity contribution is 5.83. The molecule has 0 fully saturated rings. The second kappa shape index (κ2) is 7.95. The van der Waals surface area contributed by atoms with Gasteiger partial charge in [-0.05, 0) is 6.07 Å². The normalized spacial score (nSPS) is 13.1. The van der Waals surface area contributed by atoms with Crippen LogP contribution in [0, 0.1) is 23.1 Å². The minimum atomic E-state index is -0.584. The van der Waals surface area contributed by atoms with E-state index in [0.717, 1.165) is 0 Å². The van der Waals surface area contributed by atoms with Gasteiger partial charge in [-0.25, -0.2) is 9.37 Å². The van der Waals surface area contributed by atoms with Crippen molar-refractivity contribution in [3.05, 3.63) is 34.8 Å². The van der Waals surface area contributed by atoms with Crippen LogP contribution in [-0.4, -0.2) is 36.6 Å². The molecule has 0 radical (unpaired) electrons. The van der Waals surface area contributed by atoms with Crippen molar-refractivity contribution in [1.82, 2.24) is 9.88 Å². The summed E-state index contributed by atoms with van der Waals surface area (Å²) in [6.45, 7) is 4.39. The summed E-state index contributed by atoms with van der Waals surface area (Å²) in [5.41, 5.74) is 7.89. The Morgan fingerprint density at radius 2 is 1.97 bits per heavy atom. The monoisotopic (exact) mass is 398 g/mol. The number of ether oxygens (including phenoxy) is 2. The summed E-state index contributed by atoms with van der Waals surface area (Å²) in [5.74, 6) is -0.166. The number of methoxy groups -OCH3 is 2. The van der Waals surface area contributed by atoms with Crippen LogP contribution in [0.5, 0.6) is 11.5 Å². The van der Waals surface area contributed by atoms with Crippen molar-refractivity contribution in [2.45, 2.75) is 26.8 Å². The molecule has 3 rings (SSSR count). The van der Waals surface area contributed by atoms with Crippen LogP contribution in [0.2, 0.25) is 0 Å². The zero-order chi connectivity index (χ0) is 21.3. The molecule has 0 unspecified atom stereocenters. The van der Waals surface area contributed by atoms with Gasteiger partial charge < -0.3 is 20.1 Å². The number of carbonyl (C=O) groups is 1. The van der Waals surface area contributed by atoms with E-state index in [0.29, 0.717) is 35.5 Å². The third kappa shape index (κ3) is 3.56. The Morgan fingerprint density at radius 1 is 1.31 bits per heavy atom. The number of aromatic nitrogens is 1. The van der Waals surface area contributed by atoms with Gasteiger partial charge in [-0.3, -0.25) is 4.79 Å². The molecular weight excluding hydrogens is 375 g/mol. The second-order valence-corrected chi connectivity index (χ2v) is 7.14.